The van der Waals surface area contributed by atoms with Gasteiger partial charge in [0.05, 0.1) is 12.7 Å². The standard InChI is InChI=1S/C11H10N2O3/c1-16-8-4-2-7(3-5-10(12)14)9(6-8)11(13)15/h2,4,6H,1H3,(H2,12,14)(H2,13,15). The zero-order valence-corrected chi connectivity index (χ0v) is 8.61. The van der Waals surface area contributed by atoms with E-state index in [-0.39, 0.29) is 5.56 Å². The number of rotatable bonds is 2. The molecule has 1 aromatic rings. The van der Waals surface area contributed by atoms with E-state index in [2.05, 4.69) is 11.8 Å². The molecule has 5 nitrogen and oxygen atoms in total. The maximum absolute atomic E-state index is 11.1. The monoisotopic (exact) mass is 218 g/mol. The predicted molar refractivity (Wildman–Crippen MR) is 57.6 cm³/mol. The highest BCUT2D eigenvalue weighted by Crippen LogP contribution is 2.16. The van der Waals surface area contributed by atoms with E-state index in [0.29, 0.717) is 11.3 Å². The van der Waals surface area contributed by atoms with Crippen LogP contribution in [0.5, 0.6) is 5.75 Å². The lowest BCUT2D eigenvalue weighted by molar-refractivity contribution is -0.112. The SMILES string of the molecule is COc1ccc(C#CC(N)=O)c(C(N)=O)c1. The molecule has 0 bridgehead atoms. The van der Waals surface area contributed by atoms with Gasteiger partial charge in [0.1, 0.15) is 5.75 Å². The number of primary amides is 2. The molecule has 0 aromatic heterocycles. The van der Waals surface area contributed by atoms with Crippen LogP contribution in [0.25, 0.3) is 0 Å². The Morgan fingerprint density at radius 2 is 2.00 bits per heavy atom. The number of hydrogen-bond acceptors (Lipinski definition) is 3. The molecule has 1 rings (SSSR count). The molecule has 0 saturated carbocycles. The Hall–Kier alpha value is -2.48. The number of amides is 2. The summed E-state index contributed by atoms with van der Waals surface area (Å²) in [5, 5.41) is 0. The molecule has 0 aliphatic carbocycles. The van der Waals surface area contributed by atoms with Crippen molar-refractivity contribution in [1.29, 1.82) is 0 Å². The average Bonchev–Trinajstić information content (AvgIpc) is 2.25. The summed E-state index contributed by atoms with van der Waals surface area (Å²) in [6.45, 7) is 0. The van der Waals surface area contributed by atoms with Crippen LogP contribution in [0.15, 0.2) is 18.2 Å². The molecule has 2 amide bonds. The zero-order chi connectivity index (χ0) is 12.1. The fourth-order valence-corrected chi connectivity index (χ4v) is 1.09. The Morgan fingerprint density at radius 3 is 2.50 bits per heavy atom. The maximum atomic E-state index is 11.1. The van der Waals surface area contributed by atoms with Gasteiger partial charge < -0.3 is 16.2 Å². The molecule has 0 unspecified atom stereocenters. The molecule has 0 spiro atoms. The summed E-state index contributed by atoms with van der Waals surface area (Å²) in [7, 11) is 1.47. The molecule has 0 radical (unpaired) electrons. The van der Waals surface area contributed by atoms with E-state index in [4.69, 9.17) is 16.2 Å². The average molecular weight is 218 g/mol. The highest BCUT2D eigenvalue weighted by atomic mass is 16.5. The summed E-state index contributed by atoms with van der Waals surface area (Å²) in [6.07, 6.45) is 0. The zero-order valence-electron chi connectivity index (χ0n) is 8.61. The fourth-order valence-electron chi connectivity index (χ4n) is 1.09. The van der Waals surface area contributed by atoms with Crippen molar-refractivity contribution in [2.24, 2.45) is 11.5 Å². The third kappa shape index (κ3) is 2.75. The minimum Gasteiger partial charge on any atom is -0.497 e. The third-order valence-corrected chi connectivity index (χ3v) is 1.81. The number of hydrogen-bond donors (Lipinski definition) is 2. The summed E-state index contributed by atoms with van der Waals surface area (Å²) in [4.78, 5) is 21.6. The molecule has 0 atom stereocenters. The summed E-state index contributed by atoms with van der Waals surface area (Å²) in [5.41, 5.74) is 10.6. The smallest absolute Gasteiger partial charge is 0.293 e. The Labute approximate surface area is 92.4 Å². The molecule has 5 heteroatoms. The first-order valence-corrected chi connectivity index (χ1v) is 4.34. The van der Waals surface area contributed by atoms with E-state index in [9.17, 15) is 9.59 Å². The number of benzene rings is 1. The maximum Gasteiger partial charge on any atom is 0.293 e. The summed E-state index contributed by atoms with van der Waals surface area (Å²) >= 11 is 0. The Kier molecular flexibility index (Phi) is 3.51. The van der Waals surface area contributed by atoms with E-state index in [1.165, 1.54) is 19.2 Å². The van der Waals surface area contributed by atoms with Gasteiger partial charge in [-0.05, 0) is 18.2 Å². The third-order valence-electron chi connectivity index (χ3n) is 1.81. The van der Waals surface area contributed by atoms with Crippen molar-refractivity contribution in [2.75, 3.05) is 7.11 Å². The predicted octanol–water partition coefficient (Wildman–Crippen LogP) is -0.369. The van der Waals surface area contributed by atoms with Crippen molar-refractivity contribution in [2.45, 2.75) is 0 Å². The Bertz CT molecular complexity index is 498. The van der Waals surface area contributed by atoms with Crippen molar-refractivity contribution in [3.63, 3.8) is 0 Å². The van der Waals surface area contributed by atoms with Gasteiger partial charge in [-0.3, -0.25) is 9.59 Å². The molecule has 0 saturated heterocycles. The highest BCUT2D eigenvalue weighted by Gasteiger charge is 2.07. The van der Waals surface area contributed by atoms with Gasteiger partial charge in [0, 0.05) is 11.5 Å². The highest BCUT2D eigenvalue weighted by molar-refractivity contribution is 5.97. The van der Waals surface area contributed by atoms with Crippen molar-refractivity contribution in [3.05, 3.63) is 29.3 Å². The van der Waals surface area contributed by atoms with Crippen molar-refractivity contribution in [3.8, 4) is 17.6 Å². The van der Waals surface area contributed by atoms with Gasteiger partial charge in [-0.15, -0.1) is 0 Å². The van der Waals surface area contributed by atoms with E-state index < -0.39 is 11.8 Å². The lowest BCUT2D eigenvalue weighted by atomic mass is 10.1. The van der Waals surface area contributed by atoms with Crippen LogP contribution in [0.2, 0.25) is 0 Å². The molecular weight excluding hydrogens is 208 g/mol. The first-order chi connectivity index (χ1) is 7.54. The van der Waals surface area contributed by atoms with Crippen LogP contribution in [0.1, 0.15) is 15.9 Å². The van der Waals surface area contributed by atoms with Crippen molar-refractivity contribution >= 4 is 11.8 Å². The molecule has 0 aliphatic rings. The van der Waals surface area contributed by atoms with Gasteiger partial charge in [-0.25, -0.2) is 0 Å². The Balaban J connectivity index is 3.25. The van der Waals surface area contributed by atoms with Crippen molar-refractivity contribution in [1.82, 2.24) is 0 Å². The molecular formula is C11H10N2O3. The van der Waals surface area contributed by atoms with Crippen LogP contribution in [-0.4, -0.2) is 18.9 Å². The molecule has 0 aliphatic heterocycles. The molecule has 0 heterocycles. The lowest BCUT2D eigenvalue weighted by Crippen LogP contribution is -2.13. The molecule has 82 valence electrons. The topological polar surface area (TPSA) is 95.4 Å². The van der Waals surface area contributed by atoms with Crippen LogP contribution >= 0.6 is 0 Å². The first kappa shape index (κ1) is 11.6. The first-order valence-electron chi connectivity index (χ1n) is 4.34. The van der Waals surface area contributed by atoms with Crippen LogP contribution < -0.4 is 16.2 Å². The molecule has 0 fully saturated rings. The normalized spacial score (nSPS) is 8.81. The second-order valence-corrected chi connectivity index (χ2v) is 2.89. The minimum atomic E-state index is -0.772. The largest absolute Gasteiger partial charge is 0.497 e. The van der Waals surface area contributed by atoms with Gasteiger partial charge in [-0.2, -0.15) is 0 Å². The summed E-state index contributed by atoms with van der Waals surface area (Å²) in [5.74, 6) is 3.67. The quantitative estimate of drug-likeness (QED) is 0.663. The van der Waals surface area contributed by atoms with E-state index in [1.807, 2.05) is 0 Å². The molecule has 4 N–H and O–H groups in total. The van der Waals surface area contributed by atoms with Gasteiger partial charge in [-0.1, -0.05) is 5.92 Å². The minimum absolute atomic E-state index is 0.188. The number of carbonyl (C=O) groups is 2. The number of ether oxygens (including phenoxy) is 1. The van der Waals surface area contributed by atoms with E-state index >= 15 is 0 Å². The molecule has 1 aromatic carbocycles. The number of methoxy groups -OCH3 is 1. The number of nitrogens with two attached hydrogens (primary N) is 2. The second-order valence-electron chi connectivity index (χ2n) is 2.89. The summed E-state index contributed by atoms with van der Waals surface area (Å²) < 4.78 is 4.94. The van der Waals surface area contributed by atoms with E-state index in [1.54, 1.807) is 6.07 Å². The van der Waals surface area contributed by atoms with Crippen LogP contribution in [0, 0.1) is 11.8 Å². The van der Waals surface area contributed by atoms with Crippen LogP contribution in [-0.2, 0) is 4.79 Å². The lowest BCUT2D eigenvalue weighted by Gasteiger charge is -2.03. The molecule has 16 heavy (non-hydrogen) atoms. The van der Waals surface area contributed by atoms with Crippen molar-refractivity contribution < 1.29 is 14.3 Å². The van der Waals surface area contributed by atoms with Gasteiger partial charge in [0.25, 0.3) is 5.91 Å². The van der Waals surface area contributed by atoms with Crippen LogP contribution in [0.4, 0.5) is 0 Å². The second kappa shape index (κ2) is 4.84. The van der Waals surface area contributed by atoms with Gasteiger partial charge in [0.2, 0.25) is 5.91 Å². The van der Waals surface area contributed by atoms with Crippen LogP contribution in [0.3, 0.4) is 0 Å². The Morgan fingerprint density at radius 1 is 1.31 bits per heavy atom. The van der Waals surface area contributed by atoms with Gasteiger partial charge >= 0.3 is 0 Å². The number of carbonyl (C=O) groups excluding carboxylic acids is 2. The van der Waals surface area contributed by atoms with E-state index in [0.717, 1.165) is 0 Å². The fraction of sp³-hybridized carbons (Fsp3) is 0.0909. The van der Waals surface area contributed by atoms with Gasteiger partial charge in [0.15, 0.2) is 0 Å². The summed E-state index contributed by atoms with van der Waals surface area (Å²) in [6, 6.07) is 4.60.